The second-order valence-electron chi connectivity index (χ2n) is 8.74. The van der Waals surface area contributed by atoms with Crippen molar-refractivity contribution in [2.24, 2.45) is 23.2 Å². The summed E-state index contributed by atoms with van der Waals surface area (Å²) < 4.78 is 0. The Labute approximate surface area is 142 Å². The first-order chi connectivity index (χ1) is 10.8. The highest BCUT2D eigenvalue weighted by Gasteiger charge is 2.39. The largest absolute Gasteiger partial charge is 0.299 e. The molecule has 1 heteroatoms. The van der Waals surface area contributed by atoms with Crippen LogP contribution in [-0.4, -0.2) is 5.78 Å². The summed E-state index contributed by atoms with van der Waals surface area (Å²) in [5.41, 5.74) is 1.68. The molecule has 1 nitrogen and oxygen atoms in total. The smallest absolute Gasteiger partial charge is 0.136 e. The first-order valence-corrected chi connectivity index (χ1v) is 9.38. The van der Waals surface area contributed by atoms with E-state index in [1.54, 1.807) is 0 Å². The van der Waals surface area contributed by atoms with E-state index in [1.165, 1.54) is 18.4 Å². The Morgan fingerprint density at radius 3 is 2.43 bits per heavy atom. The molecule has 0 saturated heterocycles. The molecule has 23 heavy (non-hydrogen) atoms. The van der Waals surface area contributed by atoms with Crippen LogP contribution in [0, 0.1) is 23.2 Å². The number of hydrogen-bond donors (Lipinski definition) is 0. The number of benzene rings is 1. The monoisotopic (exact) mass is 314 g/mol. The zero-order valence-electron chi connectivity index (χ0n) is 15.6. The van der Waals surface area contributed by atoms with Crippen LogP contribution in [-0.2, 0) is 4.79 Å². The van der Waals surface area contributed by atoms with Crippen molar-refractivity contribution in [1.29, 1.82) is 0 Å². The fourth-order valence-corrected chi connectivity index (χ4v) is 4.25. The van der Waals surface area contributed by atoms with Crippen molar-refractivity contribution >= 4 is 5.78 Å². The summed E-state index contributed by atoms with van der Waals surface area (Å²) in [7, 11) is 0. The highest BCUT2D eigenvalue weighted by Crippen LogP contribution is 2.45. The van der Waals surface area contributed by atoms with Gasteiger partial charge in [-0.25, -0.2) is 0 Å². The van der Waals surface area contributed by atoms with Crippen LogP contribution < -0.4 is 0 Å². The van der Waals surface area contributed by atoms with Gasteiger partial charge in [0.2, 0.25) is 0 Å². The molecule has 0 heterocycles. The van der Waals surface area contributed by atoms with Crippen LogP contribution in [0.15, 0.2) is 30.3 Å². The predicted molar refractivity (Wildman–Crippen MR) is 98.5 cm³/mol. The van der Waals surface area contributed by atoms with Gasteiger partial charge in [-0.1, -0.05) is 65.0 Å². The van der Waals surface area contributed by atoms with Gasteiger partial charge < -0.3 is 0 Å². The Morgan fingerprint density at radius 2 is 1.83 bits per heavy atom. The molecule has 0 aromatic heterocycles. The molecule has 2 rings (SSSR count). The van der Waals surface area contributed by atoms with Crippen LogP contribution in [0.3, 0.4) is 0 Å². The van der Waals surface area contributed by atoms with Crippen LogP contribution >= 0.6 is 0 Å². The lowest BCUT2D eigenvalue weighted by Gasteiger charge is -2.42. The minimum Gasteiger partial charge on any atom is -0.299 e. The third-order valence-electron chi connectivity index (χ3n) is 5.91. The van der Waals surface area contributed by atoms with E-state index in [9.17, 15) is 4.79 Å². The molecule has 0 bridgehead atoms. The first-order valence-electron chi connectivity index (χ1n) is 9.38. The second-order valence-corrected chi connectivity index (χ2v) is 8.74. The molecule has 1 aromatic rings. The number of carbonyl (C=O) groups is 1. The molecule has 1 saturated carbocycles. The molecule has 1 aliphatic rings. The zero-order valence-corrected chi connectivity index (χ0v) is 15.6. The van der Waals surface area contributed by atoms with Crippen molar-refractivity contribution < 1.29 is 4.79 Å². The minimum atomic E-state index is 0.279. The van der Waals surface area contributed by atoms with Crippen LogP contribution in [0.25, 0.3) is 0 Å². The highest BCUT2D eigenvalue weighted by atomic mass is 16.1. The van der Waals surface area contributed by atoms with Crippen LogP contribution in [0.4, 0.5) is 0 Å². The topological polar surface area (TPSA) is 17.1 Å². The normalized spacial score (nSPS) is 25.3. The van der Waals surface area contributed by atoms with Gasteiger partial charge in [0, 0.05) is 12.3 Å². The molecule has 1 aromatic carbocycles. The number of Topliss-reactive ketones (excluding diaryl/α,β-unsaturated/α-hetero) is 1. The number of rotatable bonds is 6. The minimum absolute atomic E-state index is 0.279. The maximum atomic E-state index is 12.9. The van der Waals surface area contributed by atoms with Gasteiger partial charge in [0.1, 0.15) is 5.78 Å². The van der Waals surface area contributed by atoms with E-state index in [0.717, 1.165) is 19.3 Å². The number of ketones is 1. The van der Waals surface area contributed by atoms with Crippen molar-refractivity contribution in [3.05, 3.63) is 35.9 Å². The summed E-state index contributed by atoms with van der Waals surface area (Å²) in [6, 6.07) is 10.6. The van der Waals surface area contributed by atoms with Gasteiger partial charge in [-0.05, 0) is 54.4 Å². The SMILES string of the molecule is CC(C)C1CCC(C)(C)CC1C(=O)CC[C@H](C)c1ccccc1. The van der Waals surface area contributed by atoms with Crippen molar-refractivity contribution in [3.63, 3.8) is 0 Å². The lowest BCUT2D eigenvalue weighted by molar-refractivity contribution is -0.128. The maximum Gasteiger partial charge on any atom is 0.136 e. The lowest BCUT2D eigenvalue weighted by atomic mass is 9.62. The van der Waals surface area contributed by atoms with E-state index in [4.69, 9.17) is 0 Å². The average molecular weight is 315 g/mol. The molecular formula is C22H34O. The molecule has 0 amide bonds. The highest BCUT2D eigenvalue weighted by molar-refractivity contribution is 5.81. The van der Waals surface area contributed by atoms with Crippen molar-refractivity contribution in [2.45, 2.75) is 72.6 Å². The molecular weight excluding hydrogens is 280 g/mol. The number of carbonyl (C=O) groups excluding carboxylic acids is 1. The van der Waals surface area contributed by atoms with E-state index in [-0.39, 0.29) is 5.92 Å². The Balaban J connectivity index is 1.97. The summed E-state index contributed by atoms with van der Waals surface area (Å²) in [6.07, 6.45) is 5.27. The fourth-order valence-electron chi connectivity index (χ4n) is 4.25. The molecule has 0 N–H and O–H groups in total. The van der Waals surface area contributed by atoms with E-state index >= 15 is 0 Å². The van der Waals surface area contributed by atoms with Gasteiger partial charge in [-0.3, -0.25) is 4.79 Å². The first kappa shape index (κ1) is 18.2. The van der Waals surface area contributed by atoms with Gasteiger partial charge in [0.05, 0.1) is 0 Å². The van der Waals surface area contributed by atoms with Gasteiger partial charge in [-0.15, -0.1) is 0 Å². The zero-order chi connectivity index (χ0) is 17.0. The quantitative estimate of drug-likeness (QED) is 0.607. The van der Waals surface area contributed by atoms with Gasteiger partial charge >= 0.3 is 0 Å². The predicted octanol–water partition coefficient (Wildman–Crippen LogP) is 6.24. The maximum absolute atomic E-state index is 12.9. The van der Waals surface area contributed by atoms with Crippen LogP contribution in [0.1, 0.15) is 78.2 Å². The average Bonchev–Trinajstić information content (AvgIpc) is 2.51. The molecule has 0 aliphatic heterocycles. The van der Waals surface area contributed by atoms with Crippen molar-refractivity contribution in [2.75, 3.05) is 0 Å². The molecule has 0 radical (unpaired) electrons. The second kappa shape index (κ2) is 7.64. The third kappa shape index (κ3) is 4.93. The van der Waals surface area contributed by atoms with Gasteiger partial charge in [0.15, 0.2) is 0 Å². The van der Waals surface area contributed by atoms with E-state index in [1.807, 2.05) is 0 Å². The molecule has 0 spiro atoms. The van der Waals surface area contributed by atoms with E-state index in [0.29, 0.717) is 29.0 Å². The van der Waals surface area contributed by atoms with E-state index in [2.05, 4.69) is 65.0 Å². The summed E-state index contributed by atoms with van der Waals surface area (Å²) in [6.45, 7) is 11.5. The van der Waals surface area contributed by atoms with Crippen molar-refractivity contribution in [1.82, 2.24) is 0 Å². The van der Waals surface area contributed by atoms with Gasteiger partial charge in [-0.2, -0.15) is 0 Å². The molecule has 1 aliphatic carbocycles. The molecule has 2 unspecified atom stereocenters. The fraction of sp³-hybridized carbons (Fsp3) is 0.682. The van der Waals surface area contributed by atoms with Crippen LogP contribution in [0.5, 0.6) is 0 Å². The Morgan fingerprint density at radius 1 is 1.17 bits per heavy atom. The van der Waals surface area contributed by atoms with E-state index < -0.39 is 0 Å². The Bertz CT molecular complexity index is 500. The summed E-state index contributed by atoms with van der Waals surface area (Å²) in [5, 5.41) is 0. The Kier molecular flexibility index (Phi) is 6.06. The molecule has 1 fully saturated rings. The lowest BCUT2D eigenvalue weighted by Crippen LogP contribution is -2.37. The van der Waals surface area contributed by atoms with Crippen LogP contribution in [0.2, 0.25) is 0 Å². The number of hydrogen-bond acceptors (Lipinski definition) is 1. The summed E-state index contributed by atoms with van der Waals surface area (Å²) in [5.74, 6) is 2.46. The molecule has 128 valence electrons. The summed E-state index contributed by atoms with van der Waals surface area (Å²) >= 11 is 0. The van der Waals surface area contributed by atoms with Gasteiger partial charge in [0.25, 0.3) is 0 Å². The standard InChI is InChI=1S/C22H34O/c1-16(2)19-13-14-22(4,5)15-20(19)21(23)12-11-17(3)18-9-7-6-8-10-18/h6-10,16-17,19-20H,11-15H2,1-5H3/t17-,19?,20?/m0/s1. The Hall–Kier alpha value is -1.11. The third-order valence-corrected chi connectivity index (χ3v) is 5.91. The van der Waals surface area contributed by atoms with Crippen molar-refractivity contribution in [3.8, 4) is 0 Å². The summed E-state index contributed by atoms with van der Waals surface area (Å²) in [4.78, 5) is 12.9. The molecule has 3 atom stereocenters.